The maximum absolute atomic E-state index is 12.7. The van der Waals surface area contributed by atoms with E-state index in [2.05, 4.69) is 23.7 Å². The summed E-state index contributed by atoms with van der Waals surface area (Å²) in [6.07, 6.45) is 2.95. The first-order valence-electron chi connectivity index (χ1n) is 9.13. The number of hydrogen-bond donors (Lipinski definition) is 1. The minimum atomic E-state index is -0.292. The van der Waals surface area contributed by atoms with E-state index in [9.17, 15) is 4.79 Å². The zero-order valence-electron chi connectivity index (χ0n) is 15.1. The van der Waals surface area contributed by atoms with Crippen molar-refractivity contribution in [3.63, 3.8) is 0 Å². The van der Waals surface area contributed by atoms with Gasteiger partial charge in [0, 0.05) is 45.2 Å². The van der Waals surface area contributed by atoms with Crippen LogP contribution in [0.5, 0.6) is 0 Å². The Morgan fingerprint density at radius 1 is 1.38 bits per heavy atom. The molecule has 0 bridgehead atoms. The molecule has 2 amide bonds. The Labute approximate surface area is 145 Å². The average molecular weight is 337 g/mol. The maximum Gasteiger partial charge on any atom is 0.317 e. The Balaban J connectivity index is 1.49. The van der Waals surface area contributed by atoms with Crippen LogP contribution in [0, 0.1) is 0 Å². The third-order valence-corrected chi connectivity index (χ3v) is 5.17. The smallest absolute Gasteiger partial charge is 0.317 e. The van der Waals surface area contributed by atoms with Crippen LogP contribution in [0.2, 0.25) is 0 Å². The number of carbonyl (C=O) groups excluding carboxylic acids is 1. The Hall–Kier alpha value is -1.11. The number of amides is 2. The predicted octanol–water partition coefficient (Wildman–Crippen LogP) is 1.62. The largest absolute Gasteiger partial charge is 0.378 e. The molecule has 136 valence electrons. The van der Waals surface area contributed by atoms with Crippen molar-refractivity contribution in [2.45, 2.75) is 50.9 Å². The number of rotatable bonds is 3. The fraction of sp³-hybridized carbons (Fsp3) is 0.833. The Morgan fingerprint density at radius 2 is 2.12 bits per heavy atom. The summed E-state index contributed by atoms with van der Waals surface area (Å²) in [7, 11) is 0. The molecule has 3 aliphatic heterocycles. The van der Waals surface area contributed by atoms with Crippen LogP contribution in [0.1, 0.15) is 33.1 Å². The summed E-state index contributed by atoms with van der Waals surface area (Å²) in [5.74, 6) is 0. The second-order valence-corrected chi connectivity index (χ2v) is 7.75. The van der Waals surface area contributed by atoms with E-state index >= 15 is 0 Å². The molecule has 3 heterocycles. The third kappa shape index (κ3) is 4.29. The first-order valence-corrected chi connectivity index (χ1v) is 9.13. The monoisotopic (exact) mass is 337 g/mol. The zero-order valence-corrected chi connectivity index (χ0v) is 15.1. The van der Waals surface area contributed by atoms with Crippen LogP contribution in [0.15, 0.2) is 12.2 Å². The van der Waals surface area contributed by atoms with E-state index in [1.165, 1.54) is 5.57 Å². The number of nitrogens with one attached hydrogen (secondary N) is 1. The summed E-state index contributed by atoms with van der Waals surface area (Å²) >= 11 is 0. The third-order valence-electron chi connectivity index (χ3n) is 5.17. The highest BCUT2D eigenvalue weighted by atomic mass is 16.6. The number of morpholine rings is 1. The van der Waals surface area contributed by atoms with Crippen molar-refractivity contribution >= 4 is 6.03 Å². The maximum atomic E-state index is 12.7. The molecule has 0 aromatic carbocycles. The van der Waals surface area contributed by atoms with Gasteiger partial charge in [-0.15, -0.1) is 0 Å². The van der Waals surface area contributed by atoms with Crippen molar-refractivity contribution in [3.05, 3.63) is 12.2 Å². The number of ether oxygens (including phenoxy) is 2. The summed E-state index contributed by atoms with van der Waals surface area (Å²) in [6.45, 7) is 13.7. The standard InChI is InChI=1S/C18H31N3O3/c1-14(2)10-20-7-4-16(5-8-20)19-17(22)21-11-15(3)24-18(12-21)6-9-23-13-18/h15-16H,1,4-13H2,2-3H3,(H,19,22)/t15-,18+/m0/s1. The van der Waals surface area contributed by atoms with Crippen molar-refractivity contribution < 1.29 is 14.3 Å². The van der Waals surface area contributed by atoms with Gasteiger partial charge in [-0.1, -0.05) is 12.2 Å². The zero-order chi connectivity index (χ0) is 17.2. The first-order chi connectivity index (χ1) is 11.5. The first kappa shape index (κ1) is 17.7. The second-order valence-electron chi connectivity index (χ2n) is 7.75. The summed E-state index contributed by atoms with van der Waals surface area (Å²) in [6, 6.07) is 0.322. The van der Waals surface area contributed by atoms with Gasteiger partial charge in [0.05, 0.1) is 19.3 Å². The average Bonchev–Trinajstić information content (AvgIpc) is 2.95. The molecule has 3 fully saturated rings. The van der Waals surface area contributed by atoms with E-state index in [4.69, 9.17) is 9.47 Å². The van der Waals surface area contributed by atoms with E-state index < -0.39 is 0 Å². The summed E-state index contributed by atoms with van der Waals surface area (Å²) in [5, 5.41) is 3.23. The van der Waals surface area contributed by atoms with Gasteiger partial charge in [-0.25, -0.2) is 4.79 Å². The lowest BCUT2D eigenvalue weighted by atomic mass is 9.99. The van der Waals surface area contributed by atoms with Crippen LogP contribution in [-0.4, -0.2) is 79.5 Å². The van der Waals surface area contributed by atoms with E-state index in [1.54, 1.807) is 0 Å². The highest BCUT2D eigenvalue weighted by Crippen LogP contribution is 2.30. The van der Waals surface area contributed by atoms with Crippen LogP contribution in [0.25, 0.3) is 0 Å². The van der Waals surface area contributed by atoms with Gasteiger partial charge in [0.25, 0.3) is 0 Å². The number of hydrogen-bond acceptors (Lipinski definition) is 4. The molecule has 0 aromatic rings. The number of urea groups is 1. The normalized spacial score (nSPS) is 32.2. The van der Waals surface area contributed by atoms with Gasteiger partial charge in [0.2, 0.25) is 0 Å². The van der Waals surface area contributed by atoms with Crippen LogP contribution in [0.4, 0.5) is 4.79 Å². The van der Waals surface area contributed by atoms with Gasteiger partial charge in [0.15, 0.2) is 0 Å². The topological polar surface area (TPSA) is 54.0 Å². The molecule has 2 atom stereocenters. The molecule has 6 nitrogen and oxygen atoms in total. The van der Waals surface area contributed by atoms with Crippen molar-refractivity contribution in [1.29, 1.82) is 0 Å². The molecule has 0 aliphatic carbocycles. The number of piperidine rings is 1. The molecular weight excluding hydrogens is 306 g/mol. The molecular formula is C18H31N3O3. The number of likely N-dealkylation sites (tertiary alicyclic amines) is 1. The molecule has 1 spiro atoms. The van der Waals surface area contributed by atoms with Crippen LogP contribution < -0.4 is 5.32 Å². The highest BCUT2D eigenvalue weighted by molar-refractivity contribution is 5.74. The molecule has 0 saturated carbocycles. The van der Waals surface area contributed by atoms with Gasteiger partial charge in [-0.05, 0) is 26.7 Å². The number of carbonyl (C=O) groups is 1. The van der Waals surface area contributed by atoms with E-state index in [0.717, 1.165) is 45.5 Å². The summed E-state index contributed by atoms with van der Waals surface area (Å²) < 4.78 is 11.6. The Morgan fingerprint density at radius 3 is 2.75 bits per heavy atom. The summed E-state index contributed by atoms with van der Waals surface area (Å²) in [4.78, 5) is 17.0. The lowest BCUT2D eigenvalue weighted by Gasteiger charge is -2.43. The lowest BCUT2D eigenvalue weighted by Crippen LogP contribution is -2.60. The van der Waals surface area contributed by atoms with Gasteiger partial charge >= 0.3 is 6.03 Å². The molecule has 6 heteroatoms. The van der Waals surface area contributed by atoms with Crippen LogP contribution in [-0.2, 0) is 9.47 Å². The van der Waals surface area contributed by atoms with Crippen LogP contribution >= 0.6 is 0 Å². The molecule has 3 rings (SSSR count). The fourth-order valence-corrected chi connectivity index (χ4v) is 4.07. The fourth-order valence-electron chi connectivity index (χ4n) is 4.07. The molecule has 24 heavy (non-hydrogen) atoms. The van der Waals surface area contributed by atoms with Crippen molar-refractivity contribution in [1.82, 2.24) is 15.1 Å². The number of nitrogens with zero attached hydrogens (tertiary/aromatic N) is 2. The van der Waals surface area contributed by atoms with E-state index in [0.29, 0.717) is 19.7 Å². The molecule has 0 unspecified atom stereocenters. The molecule has 3 saturated heterocycles. The van der Waals surface area contributed by atoms with Crippen LogP contribution in [0.3, 0.4) is 0 Å². The molecule has 1 N–H and O–H groups in total. The van der Waals surface area contributed by atoms with Gasteiger partial charge in [0.1, 0.15) is 5.60 Å². The quantitative estimate of drug-likeness (QED) is 0.795. The molecule has 3 aliphatic rings. The lowest BCUT2D eigenvalue weighted by molar-refractivity contribution is -0.137. The molecule has 0 aromatic heterocycles. The van der Waals surface area contributed by atoms with E-state index in [1.807, 2.05) is 11.8 Å². The Bertz CT molecular complexity index is 468. The van der Waals surface area contributed by atoms with E-state index in [-0.39, 0.29) is 23.8 Å². The minimum absolute atomic E-state index is 0.0507. The minimum Gasteiger partial charge on any atom is -0.378 e. The van der Waals surface area contributed by atoms with Crippen molar-refractivity contribution in [2.75, 3.05) is 45.9 Å². The molecule has 0 radical (unpaired) electrons. The van der Waals surface area contributed by atoms with Crippen molar-refractivity contribution in [3.8, 4) is 0 Å². The highest BCUT2D eigenvalue weighted by Gasteiger charge is 2.44. The summed E-state index contributed by atoms with van der Waals surface area (Å²) in [5.41, 5.74) is 0.906. The SMILES string of the molecule is C=C(C)CN1CCC(NC(=O)N2C[C@H](C)O[C@]3(CCOC3)C2)CC1. The van der Waals surface area contributed by atoms with Gasteiger partial charge in [-0.3, -0.25) is 4.90 Å². The van der Waals surface area contributed by atoms with Gasteiger partial charge < -0.3 is 19.7 Å². The Kier molecular flexibility index (Phi) is 5.47. The van der Waals surface area contributed by atoms with Crippen molar-refractivity contribution in [2.24, 2.45) is 0 Å². The second kappa shape index (κ2) is 7.42. The van der Waals surface area contributed by atoms with Gasteiger partial charge in [-0.2, -0.15) is 0 Å². The predicted molar refractivity (Wildman–Crippen MR) is 93.1 cm³/mol.